The standard InChI is InChI=1S/C15H16BrNO3S/c16-10-13-11-20-9-8-17(13)21(18,19)15-7-3-5-12-4-1-2-6-14(12)15/h1-7,13H,8-11H2. The SMILES string of the molecule is O=S(=O)(c1cccc2ccccc12)N1CCOCC1CBr. The number of benzene rings is 2. The molecule has 2 aromatic carbocycles. The highest BCUT2D eigenvalue weighted by atomic mass is 79.9. The first-order valence-corrected chi connectivity index (χ1v) is 9.34. The summed E-state index contributed by atoms with van der Waals surface area (Å²) in [6, 6.07) is 12.8. The maximum atomic E-state index is 13.0. The third kappa shape index (κ3) is 2.73. The topological polar surface area (TPSA) is 46.6 Å². The fourth-order valence-corrected chi connectivity index (χ4v) is 5.16. The van der Waals surface area contributed by atoms with Crippen LogP contribution >= 0.6 is 15.9 Å². The summed E-state index contributed by atoms with van der Waals surface area (Å²) in [4.78, 5) is 0.369. The highest BCUT2D eigenvalue weighted by Crippen LogP contribution is 2.28. The summed E-state index contributed by atoms with van der Waals surface area (Å²) >= 11 is 3.38. The van der Waals surface area contributed by atoms with Gasteiger partial charge in [-0.25, -0.2) is 8.42 Å². The fourth-order valence-electron chi connectivity index (χ4n) is 2.62. The number of alkyl halides is 1. The molecule has 1 unspecified atom stereocenters. The molecule has 1 aliphatic rings. The Hall–Kier alpha value is -0.950. The van der Waals surface area contributed by atoms with Crippen LogP contribution in [0.5, 0.6) is 0 Å². The van der Waals surface area contributed by atoms with Crippen molar-refractivity contribution in [2.75, 3.05) is 25.1 Å². The molecule has 0 saturated carbocycles. The summed E-state index contributed by atoms with van der Waals surface area (Å²) in [5.41, 5.74) is 0. The van der Waals surface area contributed by atoms with Gasteiger partial charge in [0.05, 0.1) is 24.2 Å². The van der Waals surface area contributed by atoms with Gasteiger partial charge in [-0.1, -0.05) is 52.3 Å². The summed E-state index contributed by atoms with van der Waals surface area (Å²) in [5, 5.41) is 2.26. The van der Waals surface area contributed by atoms with E-state index in [1.54, 1.807) is 16.4 Å². The number of nitrogens with zero attached hydrogens (tertiary/aromatic N) is 1. The lowest BCUT2D eigenvalue weighted by Gasteiger charge is -2.33. The first-order valence-electron chi connectivity index (χ1n) is 6.78. The molecule has 112 valence electrons. The lowest BCUT2D eigenvalue weighted by molar-refractivity contribution is 0.0413. The molecule has 0 bridgehead atoms. The van der Waals surface area contributed by atoms with E-state index < -0.39 is 10.0 Å². The van der Waals surface area contributed by atoms with E-state index in [2.05, 4.69) is 15.9 Å². The van der Waals surface area contributed by atoms with Crippen LogP contribution in [0.3, 0.4) is 0 Å². The summed E-state index contributed by atoms with van der Waals surface area (Å²) in [5.74, 6) is 0. The van der Waals surface area contributed by atoms with E-state index in [4.69, 9.17) is 4.74 Å². The van der Waals surface area contributed by atoms with E-state index in [1.807, 2.05) is 30.3 Å². The van der Waals surface area contributed by atoms with Crippen molar-refractivity contribution < 1.29 is 13.2 Å². The van der Waals surface area contributed by atoms with E-state index in [0.29, 0.717) is 30.0 Å². The molecular weight excluding hydrogens is 354 g/mol. The molecular formula is C15H16BrNO3S. The largest absolute Gasteiger partial charge is 0.378 e. The van der Waals surface area contributed by atoms with Crippen LogP contribution in [0.25, 0.3) is 10.8 Å². The van der Waals surface area contributed by atoms with Gasteiger partial charge in [0.15, 0.2) is 0 Å². The summed E-state index contributed by atoms with van der Waals surface area (Å²) in [6.45, 7) is 1.25. The normalized spacial score (nSPS) is 20.7. The average Bonchev–Trinajstić information content (AvgIpc) is 2.54. The Labute approximate surface area is 132 Å². The summed E-state index contributed by atoms with van der Waals surface area (Å²) in [6.07, 6.45) is 0. The maximum Gasteiger partial charge on any atom is 0.244 e. The van der Waals surface area contributed by atoms with Crippen LogP contribution in [0.15, 0.2) is 47.4 Å². The highest BCUT2D eigenvalue weighted by Gasteiger charge is 2.34. The molecule has 1 fully saturated rings. The molecule has 1 aliphatic heterocycles. The second kappa shape index (κ2) is 6.04. The number of hydrogen-bond donors (Lipinski definition) is 0. The van der Waals surface area contributed by atoms with E-state index in [1.165, 1.54) is 0 Å². The lowest BCUT2D eigenvalue weighted by Crippen LogP contribution is -2.49. The first kappa shape index (κ1) is 15.0. The van der Waals surface area contributed by atoms with Crippen LogP contribution in [-0.2, 0) is 14.8 Å². The molecule has 0 spiro atoms. The Morgan fingerprint density at radius 2 is 1.95 bits per heavy atom. The third-order valence-electron chi connectivity index (χ3n) is 3.69. The van der Waals surface area contributed by atoms with Crippen LogP contribution in [-0.4, -0.2) is 43.9 Å². The fraction of sp³-hybridized carbons (Fsp3) is 0.333. The number of fused-ring (bicyclic) bond motifs is 1. The van der Waals surface area contributed by atoms with Gasteiger partial charge < -0.3 is 4.74 Å². The summed E-state index contributed by atoms with van der Waals surface area (Å²) < 4.78 is 33.0. The van der Waals surface area contributed by atoms with Crippen molar-refractivity contribution in [1.82, 2.24) is 4.31 Å². The van der Waals surface area contributed by atoms with E-state index in [0.717, 1.165) is 10.8 Å². The van der Waals surface area contributed by atoms with Gasteiger partial charge in [-0.2, -0.15) is 4.31 Å². The molecule has 0 aliphatic carbocycles. The Kier molecular flexibility index (Phi) is 4.31. The zero-order chi connectivity index (χ0) is 14.9. The zero-order valence-corrected chi connectivity index (χ0v) is 13.8. The maximum absolute atomic E-state index is 13.0. The molecule has 0 radical (unpaired) electrons. The predicted molar refractivity (Wildman–Crippen MR) is 86.2 cm³/mol. The molecule has 0 N–H and O–H groups in total. The molecule has 6 heteroatoms. The van der Waals surface area contributed by atoms with Crippen molar-refractivity contribution in [3.63, 3.8) is 0 Å². The second-order valence-corrected chi connectivity index (χ2v) is 7.48. The monoisotopic (exact) mass is 369 g/mol. The van der Waals surface area contributed by atoms with Gasteiger partial charge in [-0.3, -0.25) is 0 Å². The smallest absolute Gasteiger partial charge is 0.244 e. The molecule has 4 nitrogen and oxygen atoms in total. The quantitative estimate of drug-likeness (QED) is 0.781. The first-order chi connectivity index (χ1) is 10.1. The van der Waals surface area contributed by atoms with Gasteiger partial charge in [0, 0.05) is 17.3 Å². The van der Waals surface area contributed by atoms with Crippen LogP contribution < -0.4 is 0 Å². The summed E-state index contributed by atoms with van der Waals surface area (Å²) in [7, 11) is -3.53. The van der Waals surface area contributed by atoms with Crippen molar-refractivity contribution in [3.05, 3.63) is 42.5 Å². The molecule has 0 amide bonds. The van der Waals surface area contributed by atoms with Gasteiger partial charge >= 0.3 is 0 Å². The van der Waals surface area contributed by atoms with Gasteiger partial charge in [0.2, 0.25) is 10.0 Å². The van der Waals surface area contributed by atoms with Gasteiger partial charge in [-0.15, -0.1) is 0 Å². The second-order valence-electron chi connectivity index (χ2n) is 4.98. The van der Waals surface area contributed by atoms with Crippen LogP contribution in [0.1, 0.15) is 0 Å². The Morgan fingerprint density at radius 1 is 1.19 bits per heavy atom. The highest BCUT2D eigenvalue weighted by molar-refractivity contribution is 9.09. The van der Waals surface area contributed by atoms with Crippen molar-refractivity contribution >= 4 is 36.7 Å². The zero-order valence-electron chi connectivity index (χ0n) is 11.4. The van der Waals surface area contributed by atoms with Crippen molar-refractivity contribution in [1.29, 1.82) is 0 Å². The van der Waals surface area contributed by atoms with E-state index in [9.17, 15) is 8.42 Å². The molecule has 21 heavy (non-hydrogen) atoms. The van der Waals surface area contributed by atoms with Crippen molar-refractivity contribution in [2.24, 2.45) is 0 Å². The van der Waals surface area contributed by atoms with Crippen molar-refractivity contribution in [2.45, 2.75) is 10.9 Å². The Morgan fingerprint density at radius 3 is 2.76 bits per heavy atom. The molecule has 1 heterocycles. The van der Waals surface area contributed by atoms with Crippen LogP contribution in [0.2, 0.25) is 0 Å². The number of rotatable bonds is 3. The number of sulfonamides is 1. The average molecular weight is 370 g/mol. The number of hydrogen-bond acceptors (Lipinski definition) is 3. The lowest BCUT2D eigenvalue weighted by atomic mass is 10.1. The minimum absolute atomic E-state index is 0.164. The van der Waals surface area contributed by atoms with Crippen molar-refractivity contribution in [3.8, 4) is 0 Å². The minimum atomic E-state index is -3.53. The van der Waals surface area contributed by atoms with E-state index >= 15 is 0 Å². The third-order valence-corrected chi connectivity index (χ3v) is 6.45. The molecule has 1 atom stereocenters. The van der Waals surface area contributed by atoms with Gasteiger partial charge in [-0.05, 0) is 11.5 Å². The molecule has 1 saturated heterocycles. The molecule has 0 aromatic heterocycles. The van der Waals surface area contributed by atoms with Crippen LogP contribution in [0.4, 0.5) is 0 Å². The molecule has 2 aromatic rings. The number of ether oxygens (including phenoxy) is 1. The van der Waals surface area contributed by atoms with Gasteiger partial charge in [0.1, 0.15) is 0 Å². The van der Waals surface area contributed by atoms with Gasteiger partial charge in [0.25, 0.3) is 0 Å². The predicted octanol–water partition coefficient (Wildman–Crippen LogP) is 2.62. The number of halogens is 1. The van der Waals surface area contributed by atoms with Crippen LogP contribution in [0, 0.1) is 0 Å². The number of morpholine rings is 1. The molecule has 3 rings (SSSR count). The Bertz CT molecular complexity index is 742. The Balaban J connectivity index is 2.12. The minimum Gasteiger partial charge on any atom is -0.378 e. The van der Waals surface area contributed by atoms with E-state index in [-0.39, 0.29) is 6.04 Å².